The summed E-state index contributed by atoms with van der Waals surface area (Å²) in [4.78, 5) is 9.91. The molecule has 0 spiro atoms. The first-order valence-corrected chi connectivity index (χ1v) is 9.42. The van der Waals surface area contributed by atoms with Crippen LogP contribution in [0.1, 0.15) is 34.9 Å². The summed E-state index contributed by atoms with van der Waals surface area (Å²) < 4.78 is 13.1. The fourth-order valence-electron chi connectivity index (χ4n) is 2.52. The fraction of sp³-hybridized carbons (Fsp3) is 0.474. The Hall–Kier alpha value is -1.22. The van der Waals surface area contributed by atoms with Gasteiger partial charge >= 0.3 is 0 Å². The highest BCUT2D eigenvalue weighted by molar-refractivity contribution is 14.0. The largest absolute Gasteiger partial charge is 0.356 e. The van der Waals surface area contributed by atoms with E-state index in [2.05, 4.69) is 34.5 Å². The minimum Gasteiger partial charge on any atom is -0.356 e. The van der Waals surface area contributed by atoms with E-state index in [1.807, 2.05) is 19.2 Å². The van der Waals surface area contributed by atoms with Crippen molar-refractivity contribution in [2.75, 3.05) is 13.6 Å². The molecule has 0 unspecified atom stereocenters. The number of rotatable bonds is 7. The molecule has 144 valence electrons. The molecule has 0 aliphatic heterocycles. The third-order valence-corrected chi connectivity index (χ3v) is 4.85. The van der Waals surface area contributed by atoms with Gasteiger partial charge in [-0.15, -0.1) is 35.3 Å². The van der Waals surface area contributed by atoms with Gasteiger partial charge in [0.25, 0.3) is 0 Å². The predicted molar refractivity (Wildman–Crippen MR) is 119 cm³/mol. The second kappa shape index (κ2) is 11.5. The van der Waals surface area contributed by atoms with E-state index in [4.69, 9.17) is 0 Å². The van der Waals surface area contributed by atoms with E-state index in [-0.39, 0.29) is 29.8 Å². The number of guanidine groups is 1. The van der Waals surface area contributed by atoms with Crippen molar-refractivity contribution in [2.45, 2.75) is 40.2 Å². The van der Waals surface area contributed by atoms with Crippen molar-refractivity contribution >= 4 is 41.3 Å². The van der Waals surface area contributed by atoms with Gasteiger partial charge in [0.05, 0.1) is 11.6 Å². The second-order valence-electron chi connectivity index (χ2n) is 6.49. The molecule has 0 atom stereocenters. The first kappa shape index (κ1) is 22.8. The smallest absolute Gasteiger partial charge is 0.191 e. The molecule has 0 aliphatic carbocycles. The lowest BCUT2D eigenvalue weighted by atomic mass is 10.1. The minimum absolute atomic E-state index is 0. The molecular weight excluding hydrogens is 462 g/mol. The molecule has 26 heavy (non-hydrogen) atoms. The van der Waals surface area contributed by atoms with Gasteiger partial charge in [-0.25, -0.2) is 9.37 Å². The third kappa shape index (κ3) is 7.57. The van der Waals surface area contributed by atoms with Crippen LogP contribution in [0.3, 0.4) is 0 Å². The van der Waals surface area contributed by atoms with E-state index >= 15 is 0 Å². The second-order valence-corrected chi connectivity index (χ2v) is 7.69. The number of halogens is 2. The van der Waals surface area contributed by atoms with Crippen molar-refractivity contribution in [3.63, 3.8) is 0 Å². The highest BCUT2D eigenvalue weighted by Gasteiger charge is 2.06. The van der Waals surface area contributed by atoms with Crippen LogP contribution in [0.15, 0.2) is 29.4 Å². The van der Waals surface area contributed by atoms with Crippen molar-refractivity contribution in [1.82, 2.24) is 15.6 Å². The van der Waals surface area contributed by atoms with Crippen LogP contribution < -0.4 is 10.6 Å². The summed E-state index contributed by atoms with van der Waals surface area (Å²) in [5.41, 5.74) is 2.12. The van der Waals surface area contributed by atoms with Crippen LogP contribution in [0.25, 0.3) is 0 Å². The van der Waals surface area contributed by atoms with Gasteiger partial charge in [-0.2, -0.15) is 0 Å². The minimum atomic E-state index is -0.187. The Bertz CT molecular complexity index is 715. The summed E-state index contributed by atoms with van der Waals surface area (Å²) in [7, 11) is 1.76. The molecule has 1 aromatic heterocycles. The quantitative estimate of drug-likeness (QED) is 0.346. The number of nitrogens with one attached hydrogen (secondary N) is 2. The zero-order chi connectivity index (χ0) is 18.2. The van der Waals surface area contributed by atoms with E-state index in [0.717, 1.165) is 36.5 Å². The molecule has 2 aromatic rings. The highest BCUT2D eigenvalue weighted by atomic mass is 127. The Morgan fingerprint density at radius 1 is 1.31 bits per heavy atom. The normalized spacial score (nSPS) is 11.4. The SMILES string of the molecule is CN=C(NCCc1ccc(F)cc1C)NCc1cnc(CC(C)C)s1.I. The van der Waals surface area contributed by atoms with Crippen LogP contribution in [0.4, 0.5) is 4.39 Å². The van der Waals surface area contributed by atoms with Crippen molar-refractivity contribution in [3.05, 3.63) is 51.2 Å². The molecular formula is C19H28FIN4S. The van der Waals surface area contributed by atoms with Crippen molar-refractivity contribution in [1.29, 1.82) is 0 Å². The van der Waals surface area contributed by atoms with Crippen molar-refractivity contribution < 1.29 is 4.39 Å². The van der Waals surface area contributed by atoms with Gasteiger partial charge < -0.3 is 10.6 Å². The van der Waals surface area contributed by atoms with Crippen LogP contribution in [0, 0.1) is 18.7 Å². The Morgan fingerprint density at radius 2 is 2.08 bits per heavy atom. The van der Waals surface area contributed by atoms with Gasteiger partial charge in [0.1, 0.15) is 5.82 Å². The summed E-state index contributed by atoms with van der Waals surface area (Å²) >= 11 is 1.75. The Labute approximate surface area is 176 Å². The average Bonchev–Trinajstić information content (AvgIpc) is 2.99. The van der Waals surface area contributed by atoms with Crippen LogP contribution >= 0.6 is 35.3 Å². The predicted octanol–water partition coefficient (Wildman–Crippen LogP) is 4.31. The molecule has 0 saturated heterocycles. The number of nitrogens with zero attached hydrogens (tertiary/aromatic N) is 2. The zero-order valence-corrected chi connectivity index (χ0v) is 19.0. The summed E-state index contributed by atoms with van der Waals surface area (Å²) in [5, 5.41) is 7.79. The van der Waals surface area contributed by atoms with Crippen LogP contribution in [-0.2, 0) is 19.4 Å². The van der Waals surface area contributed by atoms with E-state index in [1.54, 1.807) is 24.5 Å². The number of aliphatic imine (C=N–C) groups is 1. The monoisotopic (exact) mass is 490 g/mol. The molecule has 0 aliphatic rings. The maximum Gasteiger partial charge on any atom is 0.191 e. The molecule has 7 heteroatoms. The topological polar surface area (TPSA) is 49.3 Å². The van der Waals surface area contributed by atoms with Crippen molar-refractivity contribution in [2.24, 2.45) is 10.9 Å². The molecule has 1 heterocycles. The molecule has 4 nitrogen and oxygen atoms in total. The molecule has 0 fully saturated rings. The first-order valence-electron chi connectivity index (χ1n) is 8.61. The average molecular weight is 490 g/mol. The van der Waals surface area contributed by atoms with Crippen LogP contribution in [-0.4, -0.2) is 24.5 Å². The molecule has 0 saturated carbocycles. The summed E-state index contributed by atoms with van der Waals surface area (Å²) in [6.07, 6.45) is 3.78. The standard InChI is InChI=1S/C19H27FN4S.HI/c1-13(2)9-18-23-11-17(25-18)12-24-19(21-4)22-8-7-15-5-6-16(20)10-14(15)3;/h5-6,10-11,13H,7-9,12H2,1-4H3,(H2,21,22,24);1H. The fourth-order valence-corrected chi connectivity index (χ4v) is 3.59. The molecule has 0 bridgehead atoms. The molecule has 1 aromatic carbocycles. The number of thiazole rings is 1. The van der Waals surface area contributed by atoms with Gasteiger partial charge in [0.2, 0.25) is 0 Å². The lowest BCUT2D eigenvalue weighted by Gasteiger charge is -2.12. The van der Waals surface area contributed by atoms with Crippen LogP contribution in [0.5, 0.6) is 0 Å². The Morgan fingerprint density at radius 3 is 2.73 bits per heavy atom. The van der Waals surface area contributed by atoms with E-state index in [1.165, 1.54) is 16.0 Å². The first-order chi connectivity index (χ1) is 12.0. The van der Waals surface area contributed by atoms with Gasteiger partial charge in [0.15, 0.2) is 5.96 Å². The number of aryl methyl sites for hydroxylation is 1. The summed E-state index contributed by atoms with van der Waals surface area (Å²) in [6, 6.07) is 4.92. The number of hydrogen-bond acceptors (Lipinski definition) is 3. The van der Waals surface area contributed by atoms with E-state index in [0.29, 0.717) is 12.5 Å². The Balaban J connectivity index is 0.00000338. The number of aromatic nitrogens is 1. The van der Waals surface area contributed by atoms with Gasteiger partial charge in [0, 0.05) is 31.1 Å². The highest BCUT2D eigenvalue weighted by Crippen LogP contribution is 2.16. The maximum absolute atomic E-state index is 13.1. The molecule has 0 radical (unpaired) electrons. The lowest BCUT2D eigenvalue weighted by molar-refractivity contribution is 0.625. The molecule has 2 N–H and O–H groups in total. The summed E-state index contributed by atoms with van der Waals surface area (Å²) in [5.74, 6) is 1.20. The maximum atomic E-state index is 13.1. The third-order valence-electron chi connectivity index (χ3n) is 3.83. The lowest BCUT2D eigenvalue weighted by Crippen LogP contribution is -2.37. The number of benzene rings is 1. The van der Waals surface area contributed by atoms with E-state index in [9.17, 15) is 4.39 Å². The molecule has 0 amide bonds. The van der Waals surface area contributed by atoms with Gasteiger partial charge in [-0.1, -0.05) is 19.9 Å². The van der Waals surface area contributed by atoms with Gasteiger partial charge in [-0.05, 0) is 42.5 Å². The van der Waals surface area contributed by atoms with E-state index < -0.39 is 0 Å². The van der Waals surface area contributed by atoms with Gasteiger partial charge in [-0.3, -0.25) is 4.99 Å². The Kier molecular flexibility index (Phi) is 10.1. The summed E-state index contributed by atoms with van der Waals surface area (Å²) in [6.45, 7) is 7.80. The number of hydrogen-bond donors (Lipinski definition) is 2. The van der Waals surface area contributed by atoms with Crippen LogP contribution in [0.2, 0.25) is 0 Å². The van der Waals surface area contributed by atoms with Crippen molar-refractivity contribution in [3.8, 4) is 0 Å². The zero-order valence-electron chi connectivity index (χ0n) is 15.8. The molecule has 2 rings (SSSR count).